The summed E-state index contributed by atoms with van der Waals surface area (Å²) in [4.78, 5) is 36.4. The first-order valence-electron chi connectivity index (χ1n) is 8.85. The van der Waals surface area contributed by atoms with Crippen molar-refractivity contribution in [2.24, 2.45) is 0 Å². The number of aliphatic hydroxyl groups is 1. The van der Waals surface area contributed by atoms with Crippen LogP contribution in [0.15, 0.2) is 36.4 Å². The van der Waals surface area contributed by atoms with E-state index in [1.165, 1.54) is 19.1 Å². The molecule has 0 spiro atoms. The van der Waals surface area contributed by atoms with Gasteiger partial charge in [-0.3, -0.25) is 9.59 Å². The van der Waals surface area contributed by atoms with E-state index >= 15 is 0 Å². The number of para-hydroxylation sites is 1. The van der Waals surface area contributed by atoms with Crippen LogP contribution in [0.3, 0.4) is 0 Å². The largest absolute Gasteiger partial charge is 0.454 e. The Morgan fingerprint density at radius 3 is 2.52 bits per heavy atom. The van der Waals surface area contributed by atoms with Crippen molar-refractivity contribution in [3.63, 3.8) is 0 Å². The quantitative estimate of drug-likeness (QED) is 0.453. The zero-order chi connectivity index (χ0) is 20.8. The number of amides is 1. The van der Waals surface area contributed by atoms with E-state index in [1.54, 1.807) is 24.3 Å². The number of ether oxygens (including phenoxy) is 3. The molecule has 1 amide bonds. The Labute approximate surface area is 166 Å². The van der Waals surface area contributed by atoms with Gasteiger partial charge in [0.1, 0.15) is 0 Å². The number of hydrogen-bond acceptors (Lipinski definition) is 8. The lowest BCUT2D eigenvalue weighted by Crippen LogP contribution is -2.22. The van der Waals surface area contributed by atoms with Gasteiger partial charge in [-0.05, 0) is 25.1 Å². The van der Waals surface area contributed by atoms with Gasteiger partial charge < -0.3 is 30.0 Å². The summed E-state index contributed by atoms with van der Waals surface area (Å²) in [6.07, 6.45) is 0. The number of rotatable bonds is 8. The third-order valence-corrected chi connectivity index (χ3v) is 4.07. The molecule has 29 heavy (non-hydrogen) atoms. The Morgan fingerprint density at radius 1 is 1.07 bits per heavy atom. The summed E-state index contributed by atoms with van der Waals surface area (Å²) in [5.41, 5.74) is 1.23. The standard InChI is InChI=1S/C20H20N2O7/c1-12(24)14-8-17-18(29-11-28-17)9-16(14)22-19(25)10-27-20(26)13-4-2-3-5-15(13)21-6-7-23/h2-5,8-9,21,23H,6-7,10-11H2,1H3,(H,22,25). The van der Waals surface area contributed by atoms with Gasteiger partial charge in [0.2, 0.25) is 6.79 Å². The highest BCUT2D eigenvalue weighted by atomic mass is 16.7. The van der Waals surface area contributed by atoms with Gasteiger partial charge in [0.05, 0.1) is 17.9 Å². The molecule has 0 unspecified atom stereocenters. The van der Waals surface area contributed by atoms with Gasteiger partial charge in [-0.25, -0.2) is 4.79 Å². The Morgan fingerprint density at radius 2 is 1.79 bits per heavy atom. The van der Waals surface area contributed by atoms with Crippen LogP contribution in [-0.4, -0.2) is 49.3 Å². The lowest BCUT2D eigenvalue weighted by Gasteiger charge is -2.12. The first-order chi connectivity index (χ1) is 14.0. The van der Waals surface area contributed by atoms with Crippen LogP contribution in [0.2, 0.25) is 0 Å². The first kappa shape index (κ1) is 20.2. The summed E-state index contributed by atoms with van der Waals surface area (Å²) in [5.74, 6) is -0.739. The van der Waals surface area contributed by atoms with Gasteiger partial charge in [0.25, 0.3) is 5.91 Å². The van der Waals surface area contributed by atoms with Crippen molar-refractivity contribution in [3.8, 4) is 11.5 Å². The second-order valence-corrected chi connectivity index (χ2v) is 6.13. The number of anilines is 2. The number of ketones is 1. The normalized spacial score (nSPS) is 11.7. The van der Waals surface area contributed by atoms with Crippen molar-refractivity contribution in [1.29, 1.82) is 0 Å². The van der Waals surface area contributed by atoms with Crippen LogP contribution in [0.4, 0.5) is 11.4 Å². The average Bonchev–Trinajstić information content (AvgIpc) is 3.17. The molecule has 9 nitrogen and oxygen atoms in total. The Hall–Kier alpha value is -3.59. The molecule has 2 aromatic carbocycles. The molecule has 1 heterocycles. The summed E-state index contributed by atoms with van der Waals surface area (Å²) in [5, 5.41) is 14.4. The number of carbonyl (C=O) groups is 3. The van der Waals surface area contributed by atoms with Gasteiger partial charge in [0.15, 0.2) is 23.9 Å². The van der Waals surface area contributed by atoms with E-state index in [-0.39, 0.29) is 42.5 Å². The van der Waals surface area contributed by atoms with E-state index in [0.717, 1.165) is 0 Å². The Balaban J connectivity index is 1.65. The summed E-state index contributed by atoms with van der Waals surface area (Å²) in [6.45, 7) is 1.02. The van der Waals surface area contributed by atoms with Gasteiger partial charge in [0, 0.05) is 23.9 Å². The Bertz CT molecular complexity index is 942. The van der Waals surface area contributed by atoms with Crippen molar-refractivity contribution in [2.45, 2.75) is 6.92 Å². The number of nitrogens with one attached hydrogen (secondary N) is 2. The van der Waals surface area contributed by atoms with Crippen molar-refractivity contribution < 1.29 is 33.7 Å². The van der Waals surface area contributed by atoms with Gasteiger partial charge in [-0.2, -0.15) is 0 Å². The van der Waals surface area contributed by atoms with E-state index in [2.05, 4.69) is 10.6 Å². The van der Waals surface area contributed by atoms with Crippen LogP contribution in [-0.2, 0) is 9.53 Å². The monoisotopic (exact) mass is 400 g/mol. The van der Waals surface area contributed by atoms with E-state index in [9.17, 15) is 14.4 Å². The van der Waals surface area contributed by atoms with Crippen molar-refractivity contribution in [1.82, 2.24) is 0 Å². The minimum atomic E-state index is -0.696. The second kappa shape index (κ2) is 9.07. The molecule has 1 aliphatic rings. The van der Waals surface area contributed by atoms with Gasteiger partial charge in [-0.15, -0.1) is 0 Å². The highest BCUT2D eigenvalue weighted by Crippen LogP contribution is 2.37. The number of fused-ring (bicyclic) bond motifs is 1. The van der Waals surface area contributed by atoms with Crippen LogP contribution in [0.25, 0.3) is 0 Å². The minimum absolute atomic E-state index is 0.0332. The first-order valence-corrected chi connectivity index (χ1v) is 8.85. The van der Waals surface area contributed by atoms with Crippen LogP contribution in [0.5, 0.6) is 11.5 Å². The molecule has 152 valence electrons. The molecule has 0 bridgehead atoms. The van der Waals surface area contributed by atoms with Crippen LogP contribution < -0.4 is 20.1 Å². The number of esters is 1. The molecule has 0 aromatic heterocycles. The van der Waals surface area contributed by atoms with E-state index in [1.807, 2.05) is 0 Å². The van der Waals surface area contributed by atoms with Crippen molar-refractivity contribution in [3.05, 3.63) is 47.5 Å². The highest BCUT2D eigenvalue weighted by Gasteiger charge is 2.21. The van der Waals surface area contributed by atoms with E-state index in [0.29, 0.717) is 17.2 Å². The molecule has 0 saturated carbocycles. The lowest BCUT2D eigenvalue weighted by molar-refractivity contribution is -0.119. The molecule has 0 aliphatic carbocycles. The van der Waals surface area contributed by atoms with Crippen LogP contribution >= 0.6 is 0 Å². The molecule has 2 aromatic rings. The molecule has 0 atom stereocenters. The zero-order valence-electron chi connectivity index (χ0n) is 15.7. The molecular weight excluding hydrogens is 380 g/mol. The molecule has 0 saturated heterocycles. The summed E-state index contributed by atoms with van der Waals surface area (Å²) < 4.78 is 15.6. The predicted molar refractivity (Wildman–Crippen MR) is 103 cm³/mol. The number of aliphatic hydroxyl groups excluding tert-OH is 1. The minimum Gasteiger partial charge on any atom is -0.454 e. The second-order valence-electron chi connectivity index (χ2n) is 6.13. The van der Waals surface area contributed by atoms with E-state index in [4.69, 9.17) is 19.3 Å². The molecule has 1 aliphatic heterocycles. The van der Waals surface area contributed by atoms with Crippen LogP contribution in [0, 0.1) is 0 Å². The third-order valence-electron chi connectivity index (χ3n) is 4.07. The number of benzene rings is 2. The van der Waals surface area contributed by atoms with Crippen molar-refractivity contribution in [2.75, 3.05) is 37.2 Å². The maximum atomic E-state index is 12.3. The summed E-state index contributed by atoms with van der Waals surface area (Å²) in [6, 6.07) is 9.59. The Kier molecular flexibility index (Phi) is 6.30. The fraction of sp³-hybridized carbons (Fsp3) is 0.250. The molecule has 9 heteroatoms. The predicted octanol–water partition coefficient (Wildman–Crippen LogP) is 1.82. The summed E-state index contributed by atoms with van der Waals surface area (Å²) in [7, 11) is 0. The lowest BCUT2D eigenvalue weighted by atomic mass is 10.1. The third kappa shape index (κ3) is 4.82. The average molecular weight is 400 g/mol. The topological polar surface area (TPSA) is 123 Å². The maximum absolute atomic E-state index is 12.3. The molecule has 0 radical (unpaired) electrons. The molecule has 0 fully saturated rings. The molecule has 3 rings (SSSR count). The highest BCUT2D eigenvalue weighted by molar-refractivity contribution is 6.05. The summed E-state index contributed by atoms with van der Waals surface area (Å²) >= 11 is 0. The van der Waals surface area contributed by atoms with E-state index < -0.39 is 18.5 Å². The SMILES string of the molecule is CC(=O)c1cc2c(cc1NC(=O)COC(=O)c1ccccc1NCCO)OCO2. The van der Waals surface area contributed by atoms with Gasteiger partial charge >= 0.3 is 5.97 Å². The molecular formula is C20H20N2O7. The fourth-order valence-electron chi connectivity index (χ4n) is 2.74. The fourth-order valence-corrected chi connectivity index (χ4v) is 2.74. The maximum Gasteiger partial charge on any atom is 0.340 e. The van der Waals surface area contributed by atoms with Gasteiger partial charge in [-0.1, -0.05) is 12.1 Å². The van der Waals surface area contributed by atoms with Crippen LogP contribution in [0.1, 0.15) is 27.6 Å². The number of Topliss-reactive ketones (excluding diaryl/α,β-unsaturated/α-hetero) is 1. The smallest absolute Gasteiger partial charge is 0.340 e. The number of hydrogen-bond donors (Lipinski definition) is 3. The number of carbonyl (C=O) groups excluding carboxylic acids is 3. The van der Waals surface area contributed by atoms with Crippen molar-refractivity contribution >= 4 is 29.0 Å². The molecule has 3 N–H and O–H groups in total. The zero-order valence-corrected chi connectivity index (χ0v) is 15.7.